The topological polar surface area (TPSA) is 111 Å². The number of halogens is 1. The van der Waals surface area contributed by atoms with Crippen LogP contribution < -0.4 is 15.8 Å². The average molecular weight is 394 g/mol. The van der Waals surface area contributed by atoms with Gasteiger partial charge in [0.25, 0.3) is 0 Å². The van der Waals surface area contributed by atoms with Crippen molar-refractivity contribution < 1.29 is 17.9 Å². The normalized spacial score (nSPS) is 13.6. The molecule has 1 atom stereocenters. The van der Waals surface area contributed by atoms with Gasteiger partial charge in [0.2, 0.25) is 15.9 Å². The van der Waals surface area contributed by atoms with Crippen molar-refractivity contribution in [3.05, 3.63) is 29.8 Å². The number of sulfonamides is 1. The molecule has 0 aliphatic carbocycles. The van der Waals surface area contributed by atoms with Crippen LogP contribution in [0.2, 0.25) is 0 Å². The van der Waals surface area contributed by atoms with Crippen molar-refractivity contribution in [2.24, 2.45) is 5.73 Å². The van der Waals surface area contributed by atoms with Crippen LogP contribution in [0.15, 0.2) is 29.2 Å². The molecule has 4 N–H and O–H groups in total. The van der Waals surface area contributed by atoms with Crippen LogP contribution >= 0.6 is 12.4 Å². The van der Waals surface area contributed by atoms with Crippen LogP contribution in [0.4, 0.5) is 0 Å². The standard InChI is InChI=1S/C16H27N3O4S.ClH/c1-4-9-16(2,17)15(20)18-12-13-5-7-14(8-6-13)24(21,22)19-10-11-23-3;/h5-8,19H,4,9-12,17H2,1-3H3,(H,18,20);1H. The van der Waals surface area contributed by atoms with E-state index in [1.165, 1.54) is 19.2 Å². The first-order chi connectivity index (χ1) is 11.2. The fourth-order valence-corrected chi connectivity index (χ4v) is 3.18. The quantitative estimate of drug-likeness (QED) is 0.517. The molecule has 1 rings (SSSR count). The first-order valence-corrected chi connectivity index (χ1v) is 9.36. The largest absolute Gasteiger partial charge is 0.383 e. The maximum atomic E-state index is 12.0. The summed E-state index contributed by atoms with van der Waals surface area (Å²) in [4.78, 5) is 12.2. The number of nitrogens with two attached hydrogens (primary N) is 1. The zero-order valence-corrected chi connectivity index (χ0v) is 16.5. The second-order valence-electron chi connectivity index (χ2n) is 5.88. The van der Waals surface area contributed by atoms with Crippen LogP contribution in [0, 0.1) is 0 Å². The average Bonchev–Trinajstić information content (AvgIpc) is 2.53. The molecule has 25 heavy (non-hydrogen) atoms. The molecule has 0 radical (unpaired) electrons. The third-order valence-electron chi connectivity index (χ3n) is 3.57. The van der Waals surface area contributed by atoms with E-state index < -0.39 is 15.6 Å². The maximum absolute atomic E-state index is 12.0. The lowest BCUT2D eigenvalue weighted by molar-refractivity contribution is -0.126. The lowest BCUT2D eigenvalue weighted by Gasteiger charge is -2.22. The summed E-state index contributed by atoms with van der Waals surface area (Å²) in [6.45, 7) is 4.49. The van der Waals surface area contributed by atoms with E-state index in [-0.39, 0.29) is 29.8 Å². The summed E-state index contributed by atoms with van der Waals surface area (Å²) in [5, 5.41) is 2.78. The molecule has 0 saturated carbocycles. The van der Waals surface area contributed by atoms with Crippen molar-refractivity contribution in [2.45, 2.75) is 43.7 Å². The number of methoxy groups -OCH3 is 1. The Hall–Kier alpha value is -1.19. The maximum Gasteiger partial charge on any atom is 0.240 e. The summed E-state index contributed by atoms with van der Waals surface area (Å²) >= 11 is 0. The highest BCUT2D eigenvalue weighted by Crippen LogP contribution is 2.12. The molecule has 0 spiro atoms. The molecule has 144 valence electrons. The fourth-order valence-electron chi connectivity index (χ4n) is 2.17. The molecule has 0 aliphatic heterocycles. The smallest absolute Gasteiger partial charge is 0.240 e. The summed E-state index contributed by atoms with van der Waals surface area (Å²) in [7, 11) is -2.04. The van der Waals surface area contributed by atoms with Crippen LogP contribution in [-0.2, 0) is 26.1 Å². The van der Waals surface area contributed by atoms with Gasteiger partial charge in [-0.05, 0) is 31.0 Å². The van der Waals surface area contributed by atoms with Crippen molar-refractivity contribution in [1.82, 2.24) is 10.0 Å². The molecule has 1 unspecified atom stereocenters. The number of hydrogen-bond acceptors (Lipinski definition) is 5. The van der Waals surface area contributed by atoms with Gasteiger partial charge in [-0.3, -0.25) is 4.79 Å². The SMILES string of the molecule is CCCC(C)(N)C(=O)NCc1ccc(S(=O)(=O)NCCOC)cc1.Cl. The van der Waals surface area contributed by atoms with Crippen molar-refractivity contribution in [2.75, 3.05) is 20.3 Å². The Morgan fingerprint density at radius 2 is 1.88 bits per heavy atom. The highest BCUT2D eigenvalue weighted by molar-refractivity contribution is 7.89. The van der Waals surface area contributed by atoms with E-state index >= 15 is 0 Å². The minimum absolute atomic E-state index is 0. The van der Waals surface area contributed by atoms with Crippen LogP contribution in [-0.4, -0.2) is 40.1 Å². The summed E-state index contributed by atoms with van der Waals surface area (Å²) in [6.07, 6.45) is 1.42. The van der Waals surface area contributed by atoms with Crippen molar-refractivity contribution in [1.29, 1.82) is 0 Å². The first kappa shape index (κ1) is 23.8. The van der Waals surface area contributed by atoms with E-state index in [4.69, 9.17) is 10.5 Å². The number of carbonyl (C=O) groups is 1. The second-order valence-corrected chi connectivity index (χ2v) is 7.65. The third kappa shape index (κ3) is 7.70. The predicted octanol–water partition coefficient (Wildman–Crippen LogP) is 1.17. The van der Waals surface area contributed by atoms with E-state index in [0.717, 1.165) is 12.0 Å². The molecule has 7 nitrogen and oxygen atoms in total. The number of rotatable bonds is 10. The number of ether oxygens (including phenoxy) is 1. The number of nitrogens with one attached hydrogen (secondary N) is 2. The number of amides is 1. The van der Waals surface area contributed by atoms with Crippen molar-refractivity contribution in [3.63, 3.8) is 0 Å². The molecule has 1 aromatic carbocycles. The Bertz CT molecular complexity index is 633. The van der Waals surface area contributed by atoms with Gasteiger partial charge in [-0.25, -0.2) is 13.1 Å². The summed E-state index contributed by atoms with van der Waals surface area (Å²) in [5.41, 5.74) is 5.86. The monoisotopic (exact) mass is 393 g/mol. The first-order valence-electron chi connectivity index (χ1n) is 7.87. The highest BCUT2D eigenvalue weighted by Gasteiger charge is 2.26. The third-order valence-corrected chi connectivity index (χ3v) is 5.05. The van der Waals surface area contributed by atoms with Crippen LogP contribution in [0.1, 0.15) is 32.3 Å². The molecule has 0 aliphatic rings. The Morgan fingerprint density at radius 1 is 1.28 bits per heavy atom. The number of benzene rings is 1. The van der Waals surface area contributed by atoms with Crippen LogP contribution in [0.25, 0.3) is 0 Å². The fraction of sp³-hybridized carbons (Fsp3) is 0.562. The highest BCUT2D eigenvalue weighted by atomic mass is 35.5. The van der Waals surface area contributed by atoms with E-state index in [2.05, 4.69) is 10.0 Å². The minimum atomic E-state index is -3.55. The zero-order valence-electron chi connectivity index (χ0n) is 14.9. The molecule has 9 heteroatoms. The van der Waals surface area contributed by atoms with Gasteiger partial charge in [0.1, 0.15) is 0 Å². The summed E-state index contributed by atoms with van der Waals surface area (Å²) in [6, 6.07) is 6.34. The molecular weight excluding hydrogens is 366 g/mol. The second kappa shape index (κ2) is 10.7. The van der Waals surface area contributed by atoms with Gasteiger partial charge < -0.3 is 15.8 Å². The van der Waals surface area contributed by atoms with Gasteiger partial charge in [-0.15, -0.1) is 12.4 Å². The van der Waals surface area contributed by atoms with Gasteiger partial charge >= 0.3 is 0 Å². The molecular formula is C16H28ClN3O4S. The zero-order chi connectivity index (χ0) is 18.2. The summed E-state index contributed by atoms with van der Waals surface area (Å²) in [5.74, 6) is -0.220. The molecule has 0 heterocycles. The van der Waals surface area contributed by atoms with Gasteiger partial charge in [0.15, 0.2) is 0 Å². The lowest BCUT2D eigenvalue weighted by atomic mass is 9.96. The van der Waals surface area contributed by atoms with Crippen LogP contribution in [0.3, 0.4) is 0 Å². The molecule has 1 aromatic rings. The molecule has 1 amide bonds. The van der Waals surface area contributed by atoms with Gasteiger partial charge in [-0.2, -0.15) is 0 Å². The van der Waals surface area contributed by atoms with E-state index in [9.17, 15) is 13.2 Å². The summed E-state index contributed by atoms with van der Waals surface area (Å²) < 4.78 is 31.3. The Labute approximate surface area is 156 Å². The lowest BCUT2D eigenvalue weighted by Crippen LogP contribution is -2.51. The molecule has 0 fully saturated rings. The molecule has 0 bridgehead atoms. The minimum Gasteiger partial charge on any atom is -0.383 e. The molecule has 0 aromatic heterocycles. The Morgan fingerprint density at radius 3 is 2.40 bits per heavy atom. The van der Waals surface area contributed by atoms with Crippen molar-refractivity contribution >= 4 is 28.3 Å². The number of carbonyl (C=O) groups excluding carboxylic acids is 1. The predicted molar refractivity (Wildman–Crippen MR) is 100 cm³/mol. The number of hydrogen-bond donors (Lipinski definition) is 3. The van der Waals surface area contributed by atoms with E-state index in [0.29, 0.717) is 19.6 Å². The van der Waals surface area contributed by atoms with Gasteiger partial charge in [0, 0.05) is 20.2 Å². The van der Waals surface area contributed by atoms with Crippen molar-refractivity contribution in [3.8, 4) is 0 Å². The van der Waals surface area contributed by atoms with Gasteiger partial charge in [0.05, 0.1) is 17.0 Å². The Balaban J connectivity index is 0.00000576. The Kier molecular flexibility index (Phi) is 10.2. The van der Waals surface area contributed by atoms with E-state index in [1.54, 1.807) is 19.1 Å². The van der Waals surface area contributed by atoms with Gasteiger partial charge in [-0.1, -0.05) is 25.5 Å². The molecule has 0 saturated heterocycles. The van der Waals surface area contributed by atoms with Crippen LogP contribution in [0.5, 0.6) is 0 Å². The van der Waals surface area contributed by atoms with E-state index in [1.807, 2.05) is 6.92 Å².